The van der Waals surface area contributed by atoms with E-state index >= 15 is 0 Å². The first-order valence-corrected chi connectivity index (χ1v) is 7.14. The van der Waals surface area contributed by atoms with E-state index in [2.05, 4.69) is 0 Å². The lowest BCUT2D eigenvalue weighted by molar-refractivity contribution is 0.307. The average molecular weight is 283 g/mol. The fourth-order valence-electron chi connectivity index (χ4n) is 2.55. The molecule has 0 atom stereocenters. The van der Waals surface area contributed by atoms with Crippen LogP contribution in [0, 0.1) is 12.7 Å². The van der Waals surface area contributed by atoms with E-state index < -0.39 is 0 Å². The highest BCUT2D eigenvalue weighted by molar-refractivity contribution is 5.84. The molecule has 3 heteroatoms. The molecular weight excluding hydrogens is 265 g/mol. The predicted octanol–water partition coefficient (Wildman–Crippen LogP) is 4.69. The molecule has 0 saturated carbocycles. The largest absolute Gasteiger partial charge is 0.489 e. The first kappa shape index (κ1) is 13.7. The highest BCUT2D eigenvalue weighted by Gasteiger charge is 2.11. The number of rotatable bonds is 4. The number of aromatic nitrogens is 1. The molecule has 0 bridgehead atoms. The standard InChI is InChI=1S/C18H18FNO/c1-3-20-11-14(16-5-4-6-17(19)18(16)20)12-21-15-9-7-13(2)8-10-15/h4-11H,3,12H2,1-2H3. The maximum atomic E-state index is 14.0. The van der Waals surface area contributed by atoms with Crippen molar-refractivity contribution in [3.05, 3.63) is 65.6 Å². The molecule has 2 aromatic carbocycles. The summed E-state index contributed by atoms with van der Waals surface area (Å²) < 4.78 is 21.7. The Morgan fingerprint density at radius 2 is 1.86 bits per heavy atom. The molecule has 0 saturated heterocycles. The van der Waals surface area contributed by atoms with Crippen LogP contribution < -0.4 is 4.74 Å². The van der Waals surface area contributed by atoms with E-state index in [0.29, 0.717) is 12.1 Å². The van der Waals surface area contributed by atoms with Crippen LogP contribution in [0.1, 0.15) is 18.1 Å². The lowest BCUT2D eigenvalue weighted by atomic mass is 10.2. The first-order chi connectivity index (χ1) is 10.2. The van der Waals surface area contributed by atoms with Gasteiger partial charge in [0.25, 0.3) is 0 Å². The van der Waals surface area contributed by atoms with Gasteiger partial charge in [0.1, 0.15) is 18.2 Å². The van der Waals surface area contributed by atoms with Crippen LogP contribution in [0.5, 0.6) is 5.75 Å². The third-order valence-corrected chi connectivity index (χ3v) is 3.69. The van der Waals surface area contributed by atoms with Crippen molar-refractivity contribution in [1.82, 2.24) is 4.57 Å². The predicted molar refractivity (Wildman–Crippen MR) is 83.1 cm³/mol. The van der Waals surface area contributed by atoms with Gasteiger partial charge in [-0.25, -0.2) is 4.39 Å². The molecule has 1 heterocycles. The number of nitrogens with zero attached hydrogens (tertiary/aromatic N) is 1. The molecule has 0 aliphatic carbocycles. The van der Waals surface area contributed by atoms with Gasteiger partial charge in [0.2, 0.25) is 0 Å². The number of hydrogen-bond donors (Lipinski definition) is 0. The van der Waals surface area contributed by atoms with E-state index in [0.717, 1.165) is 23.2 Å². The van der Waals surface area contributed by atoms with Crippen molar-refractivity contribution in [2.75, 3.05) is 0 Å². The van der Waals surface area contributed by atoms with Crippen molar-refractivity contribution in [3.63, 3.8) is 0 Å². The molecule has 0 amide bonds. The number of para-hydroxylation sites is 1. The van der Waals surface area contributed by atoms with Gasteiger partial charge < -0.3 is 9.30 Å². The summed E-state index contributed by atoms with van der Waals surface area (Å²) in [6.07, 6.45) is 1.97. The van der Waals surface area contributed by atoms with Crippen LogP contribution in [0.15, 0.2) is 48.7 Å². The zero-order chi connectivity index (χ0) is 14.8. The van der Waals surface area contributed by atoms with Gasteiger partial charge in [0.15, 0.2) is 0 Å². The van der Waals surface area contributed by atoms with E-state index in [1.54, 1.807) is 6.07 Å². The molecule has 21 heavy (non-hydrogen) atoms. The van der Waals surface area contributed by atoms with Crippen LogP contribution in [-0.4, -0.2) is 4.57 Å². The van der Waals surface area contributed by atoms with Gasteiger partial charge in [-0.3, -0.25) is 0 Å². The summed E-state index contributed by atoms with van der Waals surface area (Å²) in [5, 5.41) is 0.920. The topological polar surface area (TPSA) is 14.2 Å². The van der Waals surface area contributed by atoms with Crippen molar-refractivity contribution in [3.8, 4) is 5.75 Å². The van der Waals surface area contributed by atoms with Crippen molar-refractivity contribution in [2.24, 2.45) is 0 Å². The lowest BCUT2D eigenvalue weighted by Gasteiger charge is -2.05. The third kappa shape index (κ3) is 2.64. The number of fused-ring (bicyclic) bond motifs is 1. The Labute approximate surface area is 123 Å². The lowest BCUT2D eigenvalue weighted by Crippen LogP contribution is -1.95. The highest BCUT2D eigenvalue weighted by Crippen LogP contribution is 2.25. The summed E-state index contributed by atoms with van der Waals surface area (Å²) in [4.78, 5) is 0. The van der Waals surface area contributed by atoms with Crippen LogP contribution in [-0.2, 0) is 13.2 Å². The number of aryl methyl sites for hydroxylation is 2. The maximum Gasteiger partial charge on any atom is 0.147 e. The van der Waals surface area contributed by atoms with E-state index in [1.165, 1.54) is 11.6 Å². The molecule has 0 N–H and O–H groups in total. The Bertz CT molecular complexity index is 759. The molecule has 2 nitrogen and oxygen atoms in total. The minimum absolute atomic E-state index is 0.184. The number of hydrogen-bond acceptors (Lipinski definition) is 1. The van der Waals surface area contributed by atoms with E-state index in [1.807, 2.05) is 54.9 Å². The quantitative estimate of drug-likeness (QED) is 0.677. The maximum absolute atomic E-state index is 14.0. The van der Waals surface area contributed by atoms with Gasteiger partial charge in [-0.05, 0) is 32.0 Å². The van der Waals surface area contributed by atoms with Crippen LogP contribution in [0.25, 0.3) is 10.9 Å². The molecule has 3 aromatic rings. The fourth-order valence-corrected chi connectivity index (χ4v) is 2.55. The average Bonchev–Trinajstić information content (AvgIpc) is 2.86. The number of ether oxygens (including phenoxy) is 1. The second-order valence-electron chi connectivity index (χ2n) is 5.18. The summed E-state index contributed by atoms with van der Waals surface area (Å²) in [7, 11) is 0. The van der Waals surface area contributed by atoms with E-state index in [-0.39, 0.29) is 5.82 Å². The molecule has 3 rings (SSSR count). The Balaban J connectivity index is 1.90. The molecule has 0 radical (unpaired) electrons. The summed E-state index contributed by atoms with van der Waals surface area (Å²) in [6.45, 7) is 5.23. The van der Waals surface area contributed by atoms with Gasteiger partial charge in [-0.2, -0.15) is 0 Å². The molecule has 108 valence electrons. The minimum Gasteiger partial charge on any atom is -0.489 e. The van der Waals surface area contributed by atoms with Crippen molar-refractivity contribution < 1.29 is 9.13 Å². The van der Waals surface area contributed by atoms with E-state index in [4.69, 9.17) is 4.74 Å². The monoisotopic (exact) mass is 283 g/mol. The van der Waals surface area contributed by atoms with Gasteiger partial charge >= 0.3 is 0 Å². The molecule has 1 aromatic heterocycles. The second-order valence-corrected chi connectivity index (χ2v) is 5.18. The van der Waals surface area contributed by atoms with Gasteiger partial charge in [0.05, 0.1) is 5.52 Å². The van der Waals surface area contributed by atoms with Crippen LogP contribution in [0.3, 0.4) is 0 Å². The van der Waals surface area contributed by atoms with Crippen molar-refractivity contribution in [2.45, 2.75) is 27.0 Å². The van der Waals surface area contributed by atoms with Crippen molar-refractivity contribution in [1.29, 1.82) is 0 Å². The van der Waals surface area contributed by atoms with Crippen LogP contribution in [0.2, 0.25) is 0 Å². The smallest absolute Gasteiger partial charge is 0.147 e. The zero-order valence-corrected chi connectivity index (χ0v) is 12.3. The molecule has 0 unspecified atom stereocenters. The number of benzene rings is 2. The Morgan fingerprint density at radius 1 is 1.10 bits per heavy atom. The van der Waals surface area contributed by atoms with E-state index in [9.17, 15) is 4.39 Å². The SMILES string of the molecule is CCn1cc(COc2ccc(C)cc2)c2cccc(F)c21. The van der Waals surface area contributed by atoms with Gasteiger partial charge in [-0.1, -0.05) is 29.8 Å². The first-order valence-electron chi connectivity index (χ1n) is 7.14. The molecule has 0 spiro atoms. The molecule has 0 fully saturated rings. The summed E-state index contributed by atoms with van der Waals surface area (Å²) >= 11 is 0. The Kier molecular flexibility index (Phi) is 3.65. The van der Waals surface area contributed by atoms with Gasteiger partial charge in [0, 0.05) is 23.7 Å². The minimum atomic E-state index is -0.184. The zero-order valence-electron chi connectivity index (χ0n) is 12.3. The normalized spacial score (nSPS) is 11.0. The molecule has 0 aliphatic rings. The van der Waals surface area contributed by atoms with Crippen molar-refractivity contribution >= 4 is 10.9 Å². The van der Waals surface area contributed by atoms with Crippen LogP contribution >= 0.6 is 0 Å². The Morgan fingerprint density at radius 3 is 2.57 bits per heavy atom. The highest BCUT2D eigenvalue weighted by atomic mass is 19.1. The summed E-state index contributed by atoms with van der Waals surface area (Å²) in [5.74, 6) is 0.644. The number of halogens is 1. The summed E-state index contributed by atoms with van der Waals surface area (Å²) in [5.41, 5.74) is 2.86. The molecular formula is C18H18FNO. The van der Waals surface area contributed by atoms with Crippen LogP contribution in [0.4, 0.5) is 4.39 Å². The Hall–Kier alpha value is -2.29. The fraction of sp³-hybridized carbons (Fsp3) is 0.222. The van der Waals surface area contributed by atoms with Gasteiger partial charge in [-0.15, -0.1) is 0 Å². The molecule has 0 aliphatic heterocycles. The summed E-state index contributed by atoms with van der Waals surface area (Å²) in [6, 6.07) is 13.1. The second kappa shape index (κ2) is 5.60. The third-order valence-electron chi connectivity index (χ3n) is 3.69.